The van der Waals surface area contributed by atoms with Gasteiger partial charge in [0.2, 0.25) is 11.8 Å². The summed E-state index contributed by atoms with van der Waals surface area (Å²) in [5.41, 5.74) is 4.82. The molecule has 0 spiro atoms. The first-order valence-corrected chi connectivity index (χ1v) is 17.8. The number of nitrogens with one attached hydrogen (secondary N) is 2. The lowest BCUT2D eigenvalue weighted by Gasteiger charge is -2.45. The Kier molecular flexibility index (Phi) is 9.68. The summed E-state index contributed by atoms with van der Waals surface area (Å²) in [5, 5.41) is 22.5. The molecular formula is C38H41Cl2N7O4. The molecule has 5 heterocycles. The topological polar surface area (TPSA) is 126 Å². The number of hydrogen-bond donors (Lipinski definition) is 3. The molecular weight excluding hydrogens is 689 g/mol. The number of aliphatic hydroxyl groups is 1. The standard InChI is InChI=1S/C38H41Cl2N7O4/c1-38(2,50)24-19-46(20-24)21-32-44-47-18-23(15-31(47)37(49)45(32)3)26-7-5-8-27(34(26)39)28-9-6-10-29(35(28)40)30-13-11-22(36(43-30)51-4)16-41-17-25-12-14-33(48)42-25/h5-11,13,15,18,24-25,41,50H,12,14,16-17,19-21H2,1-4H3,(H,42,48). The highest BCUT2D eigenvalue weighted by Crippen LogP contribution is 2.42. The molecule has 1 atom stereocenters. The van der Waals surface area contributed by atoms with Gasteiger partial charge in [0.1, 0.15) is 11.3 Å². The van der Waals surface area contributed by atoms with E-state index in [-0.39, 0.29) is 23.4 Å². The van der Waals surface area contributed by atoms with E-state index in [1.807, 2.05) is 74.6 Å². The van der Waals surface area contributed by atoms with Gasteiger partial charge >= 0.3 is 0 Å². The van der Waals surface area contributed by atoms with Crippen LogP contribution in [0.2, 0.25) is 10.0 Å². The molecule has 7 rings (SSSR count). The molecule has 0 aliphatic carbocycles. The van der Waals surface area contributed by atoms with Crippen molar-refractivity contribution in [2.24, 2.45) is 13.0 Å². The summed E-state index contributed by atoms with van der Waals surface area (Å²) >= 11 is 14.2. The van der Waals surface area contributed by atoms with E-state index in [0.717, 1.165) is 52.9 Å². The molecule has 2 aromatic carbocycles. The fourth-order valence-electron chi connectivity index (χ4n) is 6.85. The lowest BCUT2D eigenvalue weighted by atomic mass is 9.84. The third-order valence-electron chi connectivity index (χ3n) is 10.1. The maximum Gasteiger partial charge on any atom is 0.277 e. The summed E-state index contributed by atoms with van der Waals surface area (Å²) in [6.45, 7) is 6.87. The molecule has 13 heteroatoms. The Morgan fingerprint density at radius 1 is 1.02 bits per heavy atom. The Hall–Kier alpha value is -4.26. The molecule has 0 saturated carbocycles. The van der Waals surface area contributed by atoms with Crippen molar-refractivity contribution in [1.82, 2.24) is 34.7 Å². The maximum absolute atomic E-state index is 13.4. The number of fused-ring (bicyclic) bond motifs is 1. The van der Waals surface area contributed by atoms with Crippen LogP contribution in [0.3, 0.4) is 0 Å². The lowest BCUT2D eigenvalue weighted by molar-refractivity contribution is -0.119. The van der Waals surface area contributed by atoms with E-state index in [9.17, 15) is 14.7 Å². The Labute approximate surface area is 306 Å². The zero-order valence-electron chi connectivity index (χ0n) is 29.0. The van der Waals surface area contributed by atoms with Gasteiger partial charge in [-0.1, -0.05) is 65.7 Å². The first-order chi connectivity index (χ1) is 24.4. The molecule has 1 unspecified atom stereocenters. The van der Waals surface area contributed by atoms with Crippen LogP contribution >= 0.6 is 23.2 Å². The van der Waals surface area contributed by atoms with Crippen LogP contribution in [0.5, 0.6) is 5.88 Å². The van der Waals surface area contributed by atoms with E-state index >= 15 is 0 Å². The predicted octanol–water partition coefficient (Wildman–Crippen LogP) is 5.32. The normalized spacial score (nSPS) is 16.8. The van der Waals surface area contributed by atoms with E-state index in [0.29, 0.717) is 59.0 Å². The first kappa shape index (κ1) is 35.2. The summed E-state index contributed by atoms with van der Waals surface area (Å²) in [6.07, 6.45) is 3.22. The van der Waals surface area contributed by atoms with Gasteiger partial charge in [-0.05, 0) is 32.4 Å². The van der Waals surface area contributed by atoms with Crippen molar-refractivity contribution in [3.8, 4) is 39.4 Å². The zero-order valence-corrected chi connectivity index (χ0v) is 30.6. The van der Waals surface area contributed by atoms with Gasteiger partial charge in [0.25, 0.3) is 5.56 Å². The number of rotatable bonds is 11. The van der Waals surface area contributed by atoms with Crippen molar-refractivity contribution in [2.75, 3.05) is 26.7 Å². The number of carbonyl (C=O) groups is 1. The van der Waals surface area contributed by atoms with Crippen LogP contribution in [0.25, 0.3) is 39.0 Å². The van der Waals surface area contributed by atoms with Crippen LogP contribution in [0.4, 0.5) is 0 Å². The number of halogens is 2. The highest BCUT2D eigenvalue weighted by molar-refractivity contribution is 6.39. The minimum Gasteiger partial charge on any atom is -0.481 e. The largest absolute Gasteiger partial charge is 0.481 e. The number of benzene rings is 2. The summed E-state index contributed by atoms with van der Waals surface area (Å²) < 4.78 is 8.86. The van der Waals surface area contributed by atoms with Gasteiger partial charge in [-0.2, -0.15) is 5.10 Å². The molecule has 11 nitrogen and oxygen atoms in total. The average molecular weight is 731 g/mol. The SMILES string of the molecule is COc1nc(-c2cccc(-c3cccc(-c4cc5c(=O)n(C)c(CN6CC(C(C)(C)O)C6)nn5c4)c3Cl)c2Cl)ccc1CNCC1CCC(=O)N1. The number of carbonyl (C=O) groups excluding carboxylic acids is 1. The van der Waals surface area contributed by atoms with Crippen molar-refractivity contribution in [1.29, 1.82) is 0 Å². The van der Waals surface area contributed by atoms with Crippen molar-refractivity contribution in [3.63, 3.8) is 0 Å². The predicted molar refractivity (Wildman–Crippen MR) is 199 cm³/mol. The summed E-state index contributed by atoms with van der Waals surface area (Å²) in [5.74, 6) is 1.41. The zero-order chi connectivity index (χ0) is 36.0. The number of nitrogens with zero attached hydrogens (tertiary/aromatic N) is 5. The molecule has 0 radical (unpaired) electrons. The smallest absolute Gasteiger partial charge is 0.277 e. The molecule has 2 aliphatic heterocycles. The second kappa shape index (κ2) is 14.0. The Bertz CT molecular complexity index is 2190. The number of amides is 1. The van der Waals surface area contributed by atoms with Crippen molar-refractivity contribution in [2.45, 2.75) is 51.4 Å². The first-order valence-electron chi connectivity index (χ1n) is 17.1. The van der Waals surface area contributed by atoms with E-state index in [1.165, 1.54) is 0 Å². The molecule has 51 heavy (non-hydrogen) atoms. The molecule has 2 saturated heterocycles. The summed E-state index contributed by atoms with van der Waals surface area (Å²) in [4.78, 5) is 31.9. The van der Waals surface area contributed by atoms with Crippen LogP contribution in [0.1, 0.15) is 38.1 Å². The van der Waals surface area contributed by atoms with Crippen LogP contribution < -0.4 is 20.9 Å². The van der Waals surface area contributed by atoms with Gasteiger partial charge in [0.15, 0.2) is 0 Å². The van der Waals surface area contributed by atoms with Crippen LogP contribution in [0.15, 0.2) is 65.6 Å². The van der Waals surface area contributed by atoms with Gasteiger partial charge < -0.3 is 20.5 Å². The summed E-state index contributed by atoms with van der Waals surface area (Å²) in [7, 11) is 3.33. The second-order valence-electron chi connectivity index (χ2n) is 14.0. The molecule has 2 aliphatic rings. The fourth-order valence-corrected chi connectivity index (χ4v) is 7.51. The van der Waals surface area contributed by atoms with E-state index in [4.69, 9.17) is 38.0 Å². The van der Waals surface area contributed by atoms with Gasteiger partial charge in [-0.25, -0.2) is 9.50 Å². The molecule has 2 fully saturated rings. The minimum atomic E-state index is -0.736. The van der Waals surface area contributed by atoms with Crippen molar-refractivity contribution >= 4 is 34.6 Å². The monoisotopic (exact) mass is 729 g/mol. The van der Waals surface area contributed by atoms with Gasteiger partial charge in [0.05, 0.1) is 35.0 Å². The number of likely N-dealkylation sites (tertiary alicyclic amines) is 1. The molecule has 1 amide bonds. The van der Waals surface area contributed by atoms with Crippen LogP contribution in [-0.2, 0) is 24.9 Å². The Morgan fingerprint density at radius 3 is 2.37 bits per heavy atom. The van der Waals surface area contributed by atoms with Gasteiger partial charge in [-0.15, -0.1) is 0 Å². The number of hydrogen-bond acceptors (Lipinski definition) is 8. The second-order valence-corrected chi connectivity index (χ2v) is 14.8. The van der Waals surface area contributed by atoms with E-state index in [1.54, 1.807) is 23.2 Å². The highest BCUT2D eigenvalue weighted by Gasteiger charge is 2.37. The van der Waals surface area contributed by atoms with Crippen LogP contribution in [0, 0.1) is 5.92 Å². The fraction of sp³-hybridized carbons (Fsp3) is 0.368. The maximum atomic E-state index is 13.4. The average Bonchev–Trinajstić information content (AvgIpc) is 3.70. The third kappa shape index (κ3) is 7.01. The number of aromatic nitrogens is 4. The van der Waals surface area contributed by atoms with Crippen molar-refractivity contribution < 1.29 is 14.6 Å². The Balaban J connectivity index is 1.14. The van der Waals surface area contributed by atoms with Gasteiger partial charge in [0, 0.05) is 91.2 Å². The van der Waals surface area contributed by atoms with Crippen LogP contribution in [-0.4, -0.2) is 73.5 Å². The molecule has 3 aromatic heterocycles. The number of pyridine rings is 1. The van der Waals surface area contributed by atoms with E-state index in [2.05, 4.69) is 15.5 Å². The number of ether oxygens (including phenoxy) is 1. The van der Waals surface area contributed by atoms with E-state index < -0.39 is 5.60 Å². The molecule has 266 valence electrons. The molecule has 0 bridgehead atoms. The quantitative estimate of drug-likeness (QED) is 0.167. The highest BCUT2D eigenvalue weighted by atomic mass is 35.5. The molecule has 3 N–H and O–H groups in total. The lowest BCUT2D eigenvalue weighted by Crippen LogP contribution is -2.55. The summed E-state index contributed by atoms with van der Waals surface area (Å²) in [6, 6.07) is 17.3. The number of methoxy groups -OCH3 is 1. The minimum absolute atomic E-state index is 0.0930. The Morgan fingerprint density at radius 2 is 1.71 bits per heavy atom. The molecule has 5 aromatic rings. The van der Waals surface area contributed by atoms with Crippen molar-refractivity contribution in [3.05, 3.63) is 92.6 Å². The van der Waals surface area contributed by atoms with Gasteiger partial charge in [-0.3, -0.25) is 19.1 Å². The third-order valence-corrected chi connectivity index (χ3v) is 10.9.